The Morgan fingerprint density at radius 2 is 1.75 bits per heavy atom. The monoisotopic (exact) mass is 219 g/mol. The van der Waals surface area contributed by atoms with E-state index < -0.39 is 0 Å². The number of benzene rings is 1. The molecule has 0 aliphatic carbocycles. The maximum Gasteiger partial charge on any atom is 0.0471 e. The molecule has 1 atom stereocenters. The minimum absolute atomic E-state index is 0.384. The largest absolute Gasteiger partial charge is 0.329 e. The minimum atomic E-state index is 0.384. The summed E-state index contributed by atoms with van der Waals surface area (Å²) >= 11 is 0. The molecule has 0 radical (unpaired) electrons. The van der Waals surface area contributed by atoms with Crippen LogP contribution < -0.4 is 5.73 Å². The fraction of sp³-hybridized carbons (Fsp3) is 0.538. The van der Waals surface area contributed by atoms with Crippen molar-refractivity contribution in [3.63, 3.8) is 0 Å². The molecule has 88 valence electrons. The van der Waals surface area contributed by atoms with Gasteiger partial charge in [-0.05, 0) is 12.6 Å². The van der Waals surface area contributed by atoms with Gasteiger partial charge >= 0.3 is 0 Å². The lowest BCUT2D eigenvalue weighted by molar-refractivity contribution is 0.114. The summed E-state index contributed by atoms with van der Waals surface area (Å²) < 4.78 is 0. The van der Waals surface area contributed by atoms with Gasteiger partial charge in [0, 0.05) is 38.8 Å². The lowest BCUT2D eigenvalue weighted by Crippen LogP contribution is -2.47. The second kappa shape index (κ2) is 5.43. The van der Waals surface area contributed by atoms with Gasteiger partial charge in [0.05, 0.1) is 0 Å². The molecule has 1 aromatic carbocycles. The number of piperazine rings is 1. The Bertz CT molecular complexity index is 304. The zero-order chi connectivity index (χ0) is 11.4. The van der Waals surface area contributed by atoms with Gasteiger partial charge < -0.3 is 10.6 Å². The Hall–Kier alpha value is -0.900. The molecule has 1 aliphatic rings. The van der Waals surface area contributed by atoms with Crippen molar-refractivity contribution in [1.82, 2.24) is 9.80 Å². The normalized spacial score (nSPS) is 20.9. The van der Waals surface area contributed by atoms with E-state index in [1.165, 1.54) is 5.56 Å². The molecule has 16 heavy (non-hydrogen) atoms. The predicted molar refractivity (Wildman–Crippen MR) is 67.3 cm³/mol. The molecule has 0 spiro atoms. The number of rotatable bonds is 3. The van der Waals surface area contributed by atoms with E-state index in [1.807, 2.05) is 0 Å². The maximum atomic E-state index is 5.92. The van der Waals surface area contributed by atoms with Crippen LogP contribution in [0.25, 0.3) is 0 Å². The first-order chi connectivity index (χ1) is 7.81. The van der Waals surface area contributed by atoms with Gasteiger partial charge in [-0.1, -0.05) is 30.3 Å². The highest BCUT2D eigenvalue weighted by Gasteiger charge is 2.22. The Balaban J connectivity index is 2.05. The van der Waals surface area contributed by atoms with Crippen LogP contribution in [0.4, 0.5) is 0 Å². The summed E-state index contributed by atoms with van der Waals surface area (Å²) in [5.41, 5.74) is 7.26. The summed E-state index contributed by atoms with van der Waals surface area (Å²) in [6.45, 7) is 5.22. The molecule has 0 aromatic heterocycles. The van der Waals surface area contributed by atoms with Crippen molar-refractivity contribution < 1.29 is 0 Å². The highest BCUT2D eigenvalue weighted by atomic mass is 15.3. The summed E-state index contributed by atoms with van der Waals surface area (Å²) in [5, 5.41) is 0. The van der Waals surface area contributed by atoms with Crippen LogP contribution >= 0.6 is 0 Å². The van der Waals surface area contributed by atoms with Crippen LogP contribution in [-0.2, 0) is 0 Å². The average Bonchev–Trinajstić information content (AvgIpc) is 2.34. The van der Waals surface area contributed by atoms with Crippen molar-refractivity contribution in [1.29, 1.82) is 0 Å². The van der Waals surface area contributed by atoms with Crippen LogP contribution in [0.5, 0.6) is 0 Å². The number of hydrogen-bond acceptors (Lipinski definition) is 3. The van der Waals surface area contributed by atoms with Crippen LogP contribution in [0, 0.1) is 0 Å². The Kier molecular flexibility index (Phi) is 3.93. The third kappa shape index (κ3) is 2.61. The molecule has 1 fully saturated rings. The molecule has 2 rings (SSSR count). The molecular formula is C13H21N3. The zero-order valence-electron chi connectivity index (χ0n) is 9.97. The van der Waals surface area contributed by atoms with E-state index in [2.05, 4.69) is 47.2 Å². The smallest absolute Gasteiger partial charge is 0.0471 e. The predicted octanol–water partition coefficient (Wildman–Crippen LogP) is 0.934. The third-order valence-corrected chi connectivity index (χ3v) is 3.39. The first kappa shape index (κ1) is 11.6. The van der Waals surface area contributed by atoms with Crippen LogP contribution in [0.2, 0.25) is 0 Å². The molecule has 1 aromatic rings. The van der Waals surface area contributed by atoms with E-state index in [-0.39, 0.29) is 0 Å². The first-order valence-corrected chi connectivity index (χ1v) is 5.99. The summed E-state index contributed by atoms with van der Waals surface area (Å²) in [6, 6.07) is 11.0. The van der Waals surface area contributed by atoms with Gasteiger partial charge in [-0.25, -0.2) is 0 Å². The van der Waals surface area contributed by atoms with E-state index in [0.717, 1.165) is 26.2 Å². The molecule has 2 N–H and O–H groups in total. The van der Waals surface area contributed by atoms with Gasteiger partial charge in [0.2, 0.25) is 0 Å². The lowest BCUT2D eigenvalue weighted by atomic mass is 10.0. The van der Waals surface area contributed by atoms with Crippen molar-refractivity contribution >= 4 is 0 Å². The molecule has 1 saturated heterocycles. The second-order valence-electron chi connectivity index (χ2n) is 4.50. The summed E-state index contributed by atoms with van der Waals surface area (Å²) in [7, 11) is 2.18. The molecule has 1 heterocycles. The molecule has 1 aliphatic heterocycles. The molecular weight excluding hydrogens is 198 g/mol. The highest BCUT2D eigenvalue weighted by molar-refractivity contribution is 5.19. The van der Waals surface area contributed by atoms with Gasteiger partial charge in [0.15, 0.2) is 0 Å². The zero-order valence-corrected chi connectivity index (χ0v) is 9.97. The Labute approximate surface area is 97.8 Å². The van der Waals surface area contributed by atoms with Crippen molar-refractivity contribution in [2.24, 2.45) is 5.73 Å². The number of likely N-dealkylation sites (N-methyl/N-ethyl adjacent to an activating group) is 1. The molecule has 3 heteroatoms. The van der Waals surface area contributed by atoms with Crippen LogP contribution in [0.15, 0.2) is 30.3 Å². The maximum absolute atomic E-state index is 5.92. The summed E-state index contributed by atoms with van der Waals surface area (Å²) in [5.74, 6) is 0. The quantitative estimate of drug-likeness (QED) is 0.821. The van der Waals surface area contributed by atoms with E-state index >= 15 is 0 Å². The Morgan fingerprint density at radius 3 is 2.31 bits per heavy atom. The van der Waals surface area contributed by atoms with Crippen LogP contribution in [0.3, 0.4) is 0 Å². The van der Waals surface area contributed by atoms with Gasteiger partial charge in [-0.3, -0.25) is 4.90 Å². The van der Waals surface area contributed by atoms with E-state index in [0.29, 0.717) is 12.6 Å². The standard InChI is InChI=1S/C13H21N3/c1-15-7-9-16(10-8-15)13(11-14)12-5-3-2-4-6-12/h2-6,13H,7-11,14H2,1H3. The van der Waals surface area contributed by atoms with E-state index in [4.69, 9.17) is 5.73 Å². The molecule has 1 unspecified atom stereocenters. The van der Waals surface area contributed by atoms with E-state index in [9.17, 15) is 0 Å². The molecule has 3 nitrogen and oxygen atoms in total. The van der Waals surface area contributed by atoms with E-state index in [1.54, 1.807) is 0 Å². The number of hydrogen-bond donors (Lipinski definition) is 1. The van der Waals surface area contributed by atoms with Crippen molar-refractivity contribution in [2.45, 2.75) is 6.04 Å². The van der Waals surface area contributed by atoms with Crippen LogP contribution in [-0.4, -0.2) is 49.6 Å². The van der Waals surface area contributed by atoms with Crippen LogP contribution in [0.1, 0.15) is 11.6 Å². The van der Waals surface area contributed by atoms with Crippen molar-refractivity contribution in [3.8, 4) is 0 Å². The Morgan fingerprint density at radius 1 is 1.12 bits per heavy atom. The fourth-order valence-corrected chi connectivity index (χ4v) is 2.30. The lowest BCUT2D eigenvalue weighted by Gasteiger charge is -2.37. The SMILES string of the molecule is CN1CCN(C(CN)c2ccccc2)CC1. The van der Waals surface area contributed by atoms with Crippen molar-refractivity contribution in [3.05, 3.63) is 35.9 Å². The molecule has 0 amide bonds. The molecule has 0 saturated carbocycles. The topological polar surface area (TPSA) is 32.5 Å². The van der Waals surface area contributed by atoms with Crippen molar-refractivity contribution in [2.75, 3.05) is 39.8 Å². The van der Waals surface area contributed by atoms with Gasteiger partial charge in [-0.15, -0.1) is 0 Å². The minimum Gasteiger partial charge on any atom is -0.329 e. The first-order valence-electron chi connectivity index (χ1n) is 5.99. The average molecular weight is 219 g/mol. The fourth-order valence-electron chi connectivity index (χ4n) is 2.30. The van der Waals surface area contributed by atoms with Gasteiger partial charge in [0.25, 0.3) is 0 Å². The van der Waals surface area contributed by atoms with Gasteiger partial charge in [-0.2, -0.15) is 0 Å². The number of nitrogens with two attached hydrogens (primary N) is 1. The number of nitrogens with zero attached hydrogens (tertiary/aromatic N) is 2. The summed E-state index contributed by atoms with van der Waals surface area (Å²) in [6.07, 6.45) is 0. The highest BCUT2D eigenvalue weighted by Crippen LogP contribution is 2.20. The summed E-state index contributed by atoms with van der Waals surface area (Å²) in [4.78, 5) is 4.87. The second-order valence-corrected chi connectivity index (χ2v) is 4.50. The third-order valence-electron chi connectivity index (χ3n) is 3.39. The van der Waals surface area contributed by atoms with Gasteiger partial charge in [0.1, 0.15) is 0 Å². The molecule has 0 bridgehead atoms.